The Morgan fingerprint density at radius 1 is 1.38 bits per heavy atom. The molecule has 26 heavy (non-hydrogen) atoms. The van der Waals surface area contributed by atoms with Gasteiger partial charge in [-0.15, -0.1) is 0 Å². The average Bonchev–Trinajstić information content (AvgIpc) is 2.91. The predicted molar refractivity (Wildman–Crippen MR) is 99.6 cm³/mol. The van der Waals surface area contributed by atoms with Crippen molar-refractivity contribution in [1.29, 1.82) is 0 Å². The second kappa shape index (κ2) is 7.97. The Labute approximate surface area is 153 Å². The van der Waals surface area contributed by atoms with Gasteiger partial charge in [-0.1, -0.05) is 23.9 Å². The minimum atomic E-state index is -0.678. The van der Waals surface area contributed by atoms with Crippen molar-refractivity contribution in [2.45, 2.75) is 6.92 Å². The number of carbonyl (C=O) groups excluding carboxylic acids is 1. The van der Waals surface area contributed by atoms with Crippen LogP contribution in [-0.4, -0.2) is 27.7 Å². The lowest BCUT2D eigenvalue weighted by atomic mass is 10.2. The van der Waals surface area contributed by atoms with Crippen molar-refractivity contribution in [3.8, 4) is 0 Å². The standard InChI is InChI=1S/C19H15FN2O3S/c1-2-25-19(24)16-17(23)15(9-12-5-4-8-21-11-12)26-18(16)22-14-7-3-6-13(20)10-14/h3-11,23H,2H2,1H3/b15-9+,22-18?. The summed E-state index contributed by atoms with van der Waals surface area (Å²) in [5.41, 5.74) is 1.07. The molecule has 0 fully saturated rings. The van der Waals surface area contributed by atoms with E-state index in [0.29, 0.717) is 10.6 Å². The third-order valence-electron chi connectivity index (χ3n) is 3.39. The summed E-state index contributed by atoms with van der Waals surface area (Å²) >= 11 is 1.11. The number of hydrogen-bond donors (Lipinski definition) is 1. The number of halogens is 1. The summed E-state index contributed by atoms with van der Waals surface area (Å²) in [6, 6.07) is 9.27. The van der Waals surface area contributed by atoms with E-state index < -0.39 is 11.8 Å². The molecule has 0 saturated carbocycles. The highest BCUT2D eigenvalue weighted by Crippen LogP contribution is 2.40. The Kier molecular flexibility index (Phi) is 5.48. The highest BCUT2D eigenvalue weighted by molar-refractivity contribution is 8.18. The molecular formula is C19H15FN2O3S. The molecule has 2 aromatic rings. The van der Waals surface area contributed by atoms with Gasteiger partial charge in [-0.25, -0.2) is 14.2 Å². The fourth-order valence-electron chi connectivity index (χ4n) is 2.27. The Morgan fingerprint density at radius 3 is 2.92 bits per heavy atom. The minimum absolute atomic E-state index is 0.0312. The quantitative estimate of drug-likeness (QED) is 0.807. The maximum Gasteiger partial charge on any atom is 0.344 e. The molecule has 0 unspecified atom stereocenters. The van der Waals surface area contributed by atoms with E-state index in [1.807, 2.05) is 6.07 Å². The van der Waals surface area contributed by atoms with Gasteiger partial charge in [0.2, 0.25) is 0 Å². The molecule has 0 radical (unpaired) electrons. The molecule has 0 spiro atoms. The third kappa shape index (κ3) is 4.00. The van der Waals surface area contributed by atoms with E-state index in [1.165, 1.54) is 18.2 Å². The summed E-state index contributed by atoms with van der Waals surface area (Å²) in [6.45, 7) is 1.84. The number of nitrogens with zero attached hydrogens (tertiary/aromatic N) is 2. The van der Waals surface area contributed by atoms with Crippen LogP contribution in [0.1, 0.15) is 12.5 Å². The SMILES string of the molecule is CCOC(=O)C1=C(O)/C(=C\c2cccnc2)SC1=Nc1cccc(F)c1. The van der Waals surface area contributed by atoms with Crippen molar-refractivity contribution in [2.75, 3.05) is 6.61 Å². The zero-order valence-corrected chi connectivity index (χ0v) is 14.7. The lowest BCUT2D eigenvalue weighted by Gasteiger charge is -2.03. The van der Waals surface area contributed by atoms with Gasteiger partial charge in [-0.05, 0) is 42.8 Å². The molecule has 0 bridgehead atoms. The number of aromatic nitrogens is 1. The fraction of sp³-hybridized carbons (Fsp3) is 0.105. The normalized spacial score (nSPS) is 17.2. The van der Waals surface area contributed by atoms with Crippen LogP contribution in [0.25, 0.3) is 6.08 Å². The van der Waals surface area contributed by atoms with Crippen LogP contribution >= 0.6 is 11.8 Å². The smallest absolute Gasteiger partial charge is 0.344 e. The number of rotatable bonds is 4. The second-order valence-corrected chi connectivity index (χ2v) is 6.27. The summed E-state index contributed by atoms with van der Waals surface area (Å²) in [7, 11) is 0. The summed E-state index contributed by atoms with van der Waals surface area (Å²) in [6.07, 6.45) is 4.97. The molecule has 0 atom stereocenters. The van der Waals surface area contributed by atoms with Gasteiger partial charge >= 0.3 is 5.97 Å². The molecule has 0 saturated heterocycles. The van der Waals surface area contributed by atoms with E-state index >= 15 is 0 Å². The first kappa shape index (κ1) is 17.9. The number of aliphatic hydroxyl groups is 1. The van der Waals surface area contributed by atoms with Crippen LogP contribution in [0.3, 0.4) is 0 Å². The second-order valence-electron chi connectivity index (χ2n) is 5.24. The van der Waals surface area contributed by atoms with Crippen molar-refractivity contribution >= 4 is 34.5 Å². The summed E-state index contributed by atoms with van der Waals surface area (Å²) in [5, 5.41) is 10.8. The maximum atomic E-state index is 13.4. The van der Waals surface area contributed by atoms with Crippen molar-refractivity contribution < 1.29 is 19.0 Å². The molecule has 1 aliphatic rings. The molecule has 1 aromatic carbocycles. The number of benzene rings is 1. The predicted octanol–water partition coefficient (Wildman–Crippen LogP) is 4.41. The number of esters is 1. The molecular weight excluding hydrogens is 355 g/mol. The van der Waals surface area contributed by atoms with E-state index in [4.69, 9.17) is 4.74 Å². The molecule has 1 aliphatic heterocycles. The van der Waals surface area contributed by atoms with E-state index in [0.717, 1.165) is 17.3 Å². The third-order valence-corrected chi connectivity index (χ3v) is 4.41. The van der Waals surface area contributed by atoms with E-state index in [2.05, 4.69) is 9.98 Å². The van der Waals surface area contributed by atoms with Gasteiger partial charge in [0.1, 0.15) is 22.2 Å². The summed E-state index contributed by atoms with van der Waals surface area (Å²) < 4.78 is 18.4. The summed E-state index contributed by atoms with van der Waals surface area (Å²) in [4.78, 5) is 21.0. The number of pyridine rings is 1. The summed E-state index contributed by atoms with van der Waals surface area (Å²) in [5.74, 6) is -1.33. The largest absolute Gasteiger partial charge is 0.506 e. The lowest BCUT2D eigenvalue weighted by molar-refractivity contribution is -0.138. The van der Waals surface area contributed by atoms with Gasteiger partial charge in [0.05, 0.1) is 17.2 Å². The van der Waals surface area contributed by atoms with Gasteiger partial charge in [0, 0.05) is 12.4 Å². The molecule has 7 heteroatoms. The number of aliphatic imine (C=N–C) groups is 1. The van der Waals surface area contributed by atoms with Crippen LogP contribution in [0.15, 0.2) is 70.0 Å². The highest BCUT2D eigenvalue weighted by atomic mass is 32.2. The molecule has 1 aromatic heterocycles. The van der Waals surface area contributed by atoms with E-state index in [1.54, 1.807) is 37.5 Å². The topological polar surface area (TPSA) is 71.8 Å². The number of aliphatic hydroxyl groups excluding tert-OH is 1. The molecule has 2 heterocycles. The van der Waals surface area contributed by atoms with Gasteiger partial charge in [-0.2, -0.15) is 0 Å². The minimum Gasteiger partial charge on any atom is -0.506 e. The number of ether oxygens (including phenoxy) is 1. The van der Waals surface area contributed by atoms with Crippen LogP contribution in [0.5, 0.6) is 0 Å². The van der Waals surface area contributed by atoms with Gasteiger partial charge in [-0.3, -0.25) is 4.98 Å². The molecule has 0 aliphatic carbocycles. The van der Waals surface area contributed by atoms with Crippen LogP contribution in [-0.2, 0) is 9.53 Å². The number of carbonyl (C=O) groups is 1. The van der Waals surface area contributed by atoms with E-state index in [9.17, 15) is 14.3 Å². The molecule has 132 valence electrons. The van der Waals surface area contributed by atoms with Crippen LogP contribution in [0, 0.1) is 5.82 Å². The molecule has 5 nitrogen and oxygen atoms in total. The fourth-order valence-corrected chi connectivity index (χ4v) is 3.30. The van der Waals surface area contributed by atoms with E-state index in [-0.39, 0.29) is 23.0 Å². The zero-order valence-electron chi connectivity index (χ0n) is 13.8. The van der Waals surface area contributed by atoms with Gasteiger partial charge < -0.3 is 9.84 Å². The Hall–Kier alpha value is -2.93. The van der Waals surface area contributed by atoms with Gasteiger partial charge in [0.15, 0.2) is 0 Å². The van der Waals surface area contributed by atoms with Crippen molar-refractivity contribution in [3.63, 3.8) is 0 Å². The van der Waals surface area contributed by atoms with Crippen molar-refractivity contribution in [1.82, 2.24) is 4.98 Å². The first-order chi connectivity index (χ1) is 12.6. The molecule has 0 amide bonds. The Morgan fingerprint density at radius 2 is 2.23 bits per heavy atom. The average molecular weight is 370 g/mol. The Bertz CT molecular complexity index is 923. The number of thioether (sulfide) groups is 1. The van der Waals surface area contributed by atoms with Crippen LogP contribution in [0.2, 0.25) is 0 Å². The highest BCUT2D eigenvalue weighted by Gasteiger charge is 2.33. The zero-order chi connectivity index (χ0) is 18.5. The first-order valence-corrected chi connectivity index (χ1v) is 8.65. The maximum absolute atomic E-state index is 13.4. The van der Waals surface area contributed by atoms with Crippen LogP contribution in [0.4, 0.5) is 10.1 Å². The van der Waals surface area contributed by atoms with Crippen molar-refractivity contribution in [3.05, 3.63) is 76.4 Å². The monoisotopic (exact) mass is 370 g/mol. The molecule has 1 N–H and O–H groups in total. The Balaban J connectivity index is 2.04. The van der Waals surface area contributed by atoms with Crippen molar-refractivity contribution in [2.24, 2.45) is 4.99 Å². The van der Waals surface area contributed by atoms with Crippen LogP contribution < -0.4 is 0 Å². The van der Waals surface area contributed by atoms with Gasteiger partial charge in [0.25, 0.3) is 0 Å². The first-order valence-electron chi connectivity index (χ1n) is 7.83. The number of hydrogen-bond acceptors (Lipinski definition) is 6. The lowest BCUT2D eigenvalue weighted by Crippen LogP contribution is -2.12. The molecule has 3 rings (SSSR count).